The fourth-order valence-electron chi connectivity index (χ4n) is 3.13. The summed E-state index contributed by atoms with van der Waals surface area (Å²) in [4.78, 5) is 2.19. The zero-order valence-electron chi connectivity index (χ0n) is 12.9. The number of nitrogens with zero attached hydrogens (tertiary/aromatic N) is 3. The van der Waals surface area contributed by atoms with Crippen LogP contribution in [0, 0.1) is 0 Å². The van der Waals surface area contributed by atoms with Crippen molar-refractivity contribution in [1.82, 2.24) is 8.61 Å². The van der Waals surface area contributed by atoms with Gasteiger partial charge in [0.1, 0.15) is 5.75 Å². The molecule has 0 spiro atoms. The standard InChI is InChI=1S/C15H23N3O3S/c1-21-15-7-3-2-6-14(15)16-10-12-18(13-11-16)22(19,20)17-8-4-5-9-17/h2-3,6-7H,4-5,8-13H2,1H3. The molecule has 0 amide bonds. The number of ether oxygens (including phenoxy) is 1. The smallest absolute Gasteiger partial charge is 0.282 e. The molecule has 2 heterocycles. The van der Waals surface area contributed by atoms with Gasteiger partial charge in [-0.15, -0.1) is 0 Å². The third-order valence-corrected chi connectivity index (χ3v) is 6.42. The zero-order chi connectivity index (χ0) is 15.6. The van der Waals surface area contributed by atoms with Crippen LogP contribution in [0.1, 0.15) is 12.8 Å². The lowest BCUT2D eigenvalue weighted by Gasteiger charge is -2.37. The monoisotopic (exact) mass is 325 g/mol. The van der Waals surface area contributed by atoms with E-state index in [1.807, 2.05) is 24.3 Å². The van der Waals surface area contributed by atoms with E-state index in [-0.39, 0.29) is 0 Å². The van der Waals surface area contributed by atoms with E-state index in [2.05, 4.69) is 4.90 Å². The molecule has 1 aromatic rings. The Morgan fingerprint density at radius 2 is 1.50 bits per heavy atom. The van der Waals surface area contributed by atoms with Crippen molar-refractivity contribution >= 4 is 15.9 Å². The Labute approximate surface area is 132 Å². The molecule has 7 heteroatoms. The summed E-state index contributed by atoms with van der Waals surface area (Å²) < 4.78 is 33.7. The Kier molecular flexibility index (Phi) is 4.56. The molecule has 0 N–H and O–H groups in total. The van der Waals surface area contributed by atoms with Crippen LogP contribution in [0.3, 0.4) is 0 Å². The lowest BCUT2D eigenvalue weighted by atomic mass is 10.2. The molecule has 0 atom stereocenters. The molecule has 0 bridgehead atoms. The van der Waals surface area contributed by atoms with Crippen LogP contribution in [-0.2, 0) is 10.2 Å². The Bertz CT molecular complexity index is 606. The van der Waals surface area contributed by atoms with Crippen LogP contribution < -0.4 is 9.64 Å². The van der Waals surface area contributed by atoms with Crippen molar-refractivity contribution in [2.75, 3.05) is 51.3 Å². The van der Waals surface area contributed by atoms with Gasteiger partial charge in [0.15, 0.2) is 0 Å². The molecular weight excluding hydrogens is 302 g/mol. The van der Waals surface area contributed by atoms with Crippen molar-refractivity contribution in [3.63, 3.8) is 0 Å². The third-order valence-electron chi connectivity index (χ3n) is 4.38. The van der Waals surface area contributed by atoms with Crippen LogP contribution in [0.15, 0.2) is 24.3 Å². The molecule has 0 unspecified atom stereocenters. The van der Waals surface area contributed by atoms with Crippen LogP contribution in [0.4, 0.5) is 5.69 Å². The molecule has 2 aliphatic heterocycles. The molecule has 3 rings (SSSR count). The average molecular weight is 325 g/mol. The molecule has 6 nitrogen and oxygen atoms in total. The van der Waals surface area contributed by atoms with Crippen LogP contribution in [0.2, 0.25) is 0 Å². The highest BCUT2D eigenvalue weighted by atomic mass is 32.2. The van der Waals surface area contributed by atoms with E-state index in [1.165, 1.54) is 0 Å². The zero-order valence-corrected chi connectivity index (χ0v) is 13.8. The van der Waals surface area contributed by atoms with Crippen molar-refractivity contribution < 1.29 is 13.2 Å². The van der Waals surface area contributed by atoms with Gasteiger partial charge < -0.3 is 9.64 Å². The fourth-order valence-corrected chi connectivity index (χ4v) is 4.80. The van der Waals surface area contributed by atoms with Gasteiger partial charge in [-0.3, -0.25) is 0 Å². The molecule has 22 heavy (non-hydrogen) atoms. The van der Waals surface area contributed by atoms with Gasteiger partial charge in [0, 0.05) is 39.3 Å². The normalized spacial score (nSPS) is 21.2. The van der Waals surface area contributed by atoms with Crippen molar-refractivity contribution in [3.05, 3.63) is 24.3 Å². The maximum absolute atomic E-state index is 12.6. The quantitative estimate of drug-likeness (QED) is 0.833. The first-order valence-electron chi connectivity index (χ1n) is 7.76. The minimum atomic E-state index is -3.27. The number of anilines is 1. The lowest BCUT2D eigenvalue weighted by molar-refractivity contribution is 0.341. The maximum Gasteiger partial charge on any atom is 0.282 e. The van der Waals surface area contributed by atoms with Gasteiger partial charge in [0.2, 0.25) is 0 Å². The topological polar surface area (TPSA) is 53.1 Å². The van der Waals surface area contributed by atoms with Crippen LogP contribution in [-0.4, -0.2) is 63.4 Å². The summed E-state index contributed by atoms with van der Waals surface area (Å²) in [6, 6.07) is 7.87. The molecule has 0 saturated carbocycles. The minimum absolute atomic E-state index is 0.525. The summed E-state index contributed by atoms with van der Waals surface area (Å²) in [6.45, 7) is 3.75. The number of para-hydroxylation sites is 2. The number of methoxy groups -OCH3 is 1. The van der Waals surface area contributed by atoms with E-state index in [9.17, 15) is 8.42 Å². The predicted octanol–water partition coefficient (Wildman–Crippen LogP) is 1.16. The molecule has 2 fully saturated rings. The summed E-state index contributed by atoms with van der Waals surface area (Å²) >= 11 is 0. The molecule has 2 aliphatic rings. The second-order valence-electron chi connectivity index (χ2n) is 5.67. The van der Waals surface area contributed by atoms with E-state index >= 15 is 0 Å². The van der Waals surface area contributed by atoms with E-state index in [1.54, 1.807) is 15.7 Å². The van der Waals surface area contributed by atoms with E-state index in [0.717, 1.165) is 24.3 Å². The van der Waals surface area contributed by atoms with Gasteiger partial charge in [0.25, 0.3) is 10.2 Å². The summed E-state index contributed by atoms with van der Waals surface area (Å²) in [5.74, 6) is 0.832. The Balaban J connectivity index is 1.67. The first kappa shape index (κ1) is 15.6. The third kappa shape index (κ3) is 2.93. The van der Waals surface area contributed by atoms with E-state index in [4.69, 9.17) is 4.74 Å². The number of rotatable bonds is 4. The molecule has 1 aromatic carbocycles. The number of hydrogen-bond donors (Lipinski definition) is 0. The van der Waals surface area contributed by atoms with E-state index in [0.29, 0.717) is 39.3 Å². The summed E-state index contributed by atoms with van der Waals surface area (Å²) in [5.41, 5.74) is 1.03. The van der Waals surface area contributed by atoms with Gasteiger partial charge in [-0.25, -0.2) is 0 Å². The van der Waals surface area contributed by atoms with Gasteiger partial charge in [-0.1, -0.05) is 12.1 Å². The number of hydrogen-bond acceptors (Lipinski definition) is 4. The van der Waals surface area contributed by atoms with E-state index < -0.39 is 10.2 Å². The van der Waals surface area contributed by atoms with Crippen molar-refractivity contribution in [3.8, 4) is 5.75 Å². The summed E-state index contributed by atoms with van der Waals surface area (Å²) in [7, 11) is -1.61. The minimum Gasteiger partial charge on any atom is -0.495 e. The largest absolute Gasteiger partial charge is 0.495 e. The highest BCUT2D eigenvalue weighted by molar-refractivity contribution is 7.86. The predicted molar refractivity (Wildman–Crippen MR) is 86.5 cm³/mol. The van der Waals surface area contributed by atoms with Gasteiger partial charge in [-0.05, 0) is 25.0 Å². The van der Waals surface area contributed by atoms with Crippen LogP contribution >= 0.6 is 0 Å². The highest BCUT2D eigenvalue weighted by Gasteiger charge is 2.34. The molecule has 0 aromatic heterocycles. The van der Waals surface area contributed by atoms with Gasteiger partial charge >= 0.3 is 0 Å². The molecule has 0 aliphatic carbocycles. The van der Waals surface area contributed by atoms with Gasteiger partial charge in [-0.2, -0.15) is 17.0 Å². The SMILES string of the molecule is COc1ccccc1N1CCN(S(=O)(=O)N2CCCC2)CC1. The van der Waals surface area contributed by atoms with Crippen LogP contribution in [0.25, 0.3) is 0 Å². The maximum atomic E-state index is 12.6. The lowest BCUT2D eigenvalue weighted by Crippen LogP contribution is -2.52. The molecule has 2 saturated heterocycles. The Hall–Kier alpha value is -1.31. The molecule has 0 radical (unpaired) electrons. The van der Waals surface area contributed by atoms with Crippen molar-refractivity contribution in [2.45, 2.75) is 12.8 Å². The molecular formula is C15H23N3O3S. The molecule has 122 valence electrons. The van der Waals surface area contributed by atoms with Crippen molar-refractivity contribution in [1.29, 1.82) is 0 Å². The highest BCUT2D eigenvalue weighted by Crippen LogP contribution is 2.29. The number of piperazine rings is 1. The summed E-state index contributed by atoms with van der Waals surface area (Å²) in [6.07, 6.45) is 1.95. The Morgan fingerprint density at radius 3 is 2.14 bits per heavy atom. The van der Waals surface area contributed by atoms with Crippen molar-refractivity contribution in [2.24, 2.45) is 0 Å². The average Bonchev–Trinajstić information content (AvgIpc) is 3.10. The summed E-state index contributed by atoms with van der Waals surface area (Å²) in [5, 5.41) is 0. The first-order chi connectivity index (χ1) is 10.6. The fraction of sp³-hybridized carbons (Fsp3) is 0.600. The second kappa shape index (κ2) is 6.44. The Morgan fingerprint density at radius 1 is 0.909 bits per heavy atom. The number of benzene rings is 1. The second-order valence-corrected chi connectivity index (χ2v) is 7.60. The van der Waals surface area contributed by atoms with Crippen LogP contribution in [0.5, 0.6) is 5.75 Å². The van der Waals surface area contributed by atoms with Gasteiger partial charge in [0.05, 0.1) is 12.8 Å². The first-order valence-corrected chi connectivity index (χ1v) is 9.16.